The number of methoxy groups -OCH3 is 1. The van der Waals surface area contributed by atoms with Crippen LogP contribution in [-0.2, 0) is 25.2 Å². The summed E-state index contributed by atoms with van der Waals surface area (Å²) in [6.45, 7) is 17.4. The fourth-order valence-electron chi connectivity index (χ4n) is 4.68. The Labute approximate surface area is 207 Å². The van der Waals surface area contributed by atoms with Crippen molar-refractivity contribution in [1.82, 2.24) is 0 Å². The van der Waals surface area contributed by atoms with E-state index in [0.29, 0.717) is 13.2 Å². The lowest BCUT2D eigenvalue weighted by Crippen LogP contribution is -2.51. The van der Waals surface area contributed by atoms with Gasteiger partial charge in [0.1, 0.15) is 11.9 Å². The normalized spacial score (nSPS) is 21.6. The third-order valence-corrected chi connectivity index (χ3v) is 11.7. The zero-order valence-corrected chi connectivity index (χ0v) is 23.2. The minimum absolute atomic E-state index is 0.0239. The molecule has 1 heterocycles. The van der Waals surface area contributed by atoms with E-state index in [4.69, 9.17) is 23.4 Å². The number of aliphatic hydroxyl groups is 1. The second kappa shape index (κ2) is 13.2. The molecule has 0 spiro atoms. The van der Waals surface area contributed by atoms with E-state index in [-0.39, 0.29) is 18.1 Å². The van der Waals surface area contributed by atoms with Crippen LogP contribution in [0.25, 0.3) is 0 Å². The van der Waals surface area contributed by atoms with Gasteiger partial charge in [0.15, 0.2) is 14.1 Å². The van der Waals surface area contributed by atoms with Crippen LogP contribution in [0.15, 0.2) is 36.9 Å². The molecule has 0 bridgehead atoms. The monoisotopic (exact) mass is 494 g/mol. The van der Waals surface area contributed by atoms with Crippen LogP contribution in [0.5, 0.6) is 5.75 Å². The Kier molecular flexibility index (Phi) is 11.3. The number of ether oxygens (including phenoxy) is 4. The Morgan fingerprint density at radius 2 is 1.76 bits per heavy atom. The predicted molar refractivity (Wildman–Crippen MR) is 139 cm³/mol. The molecule has 0 unspecified atom stereocenters. The zero-order valence-electron chi connectivity index (χ0n) is 22.2. The molecule has 0 saturated carbocycles. The van der Waals surface area contributed by atoms with E-state index in [9.17, 15) is 5.11 Å². The quantitative estimate of drug-likeness (QED) is 0.249. The lowest BCUT2D eigenvalue weighted by Gasteiger charge is -2.41. The number of benzene rings is 1. The molecule has 34 heavy (non-hydrogen) atoms. The molecule has 0 radical (unpaired) electrons. The molecule has 0 amide bonds. The highest BCUT2D eigenvalue weighted by Crippen LogP contribution is 2.33. The first-order chi connectivity index (χ1) is 16.1. The van der Waals surface area contributed by atoms with Crippen LogP contribution < -0.4 is 4.74 Å². The average Bonchev–Trinajstić information content (AvgIpc) is 3.19. The van der Waals surface area contributed by atoms with Gasteiger partial charge in [-0.15, -0.1) is 6.58 Å². The van der Waals surface area contributed by atoms with E-state index in [1.54, 1.807) is 13.2 Å². The molecular weight excluding hydrogens is 448 g/mol. The van der Waals surface area contributed by atoms with E-state index >= 15 is 0 Å². The van der Waals surface area contributed by atoms with Gasteiger partial charge in [-0.05, 0) is 62.0 Å². The summed E-state index contributed by atoms with van der Waals surface area (Å²) in [6.07, 6.45) is 0.645. The highest BCUT2D eigenvalue weighted by Gasteiger charge is 2.42. The van der Waals surface area contributed by atoms with Gasteiger partial charge in [0.2, 0.25) is 0 Å². The molecule has 2 rings (SSSR count). The predicted octanol–water partition coefficient (Wildman–Crippen LogP) is 5.70. The first kappa shape index (κ1) is 29.0. The molecule has 194 valence electrons. The third-order valence-electron chi connectivity index (χ3n) is 7.09. The summed E-state index contributed by atoms with van der Waals surface area (Å²) < 4.78 is 30.5. The van der Waals surface area contributed by atoms with Gasteiger partial charge in [0, 0.05) is 0 Å². The molecule has 1 saturated heterocycles. The first-order valence-corrected chi connectivity index (χ1v) is 15.2. The van der Waals surface area contributed by atoms with E-state index in [1.807, 2.05) is 38.1 Å². The van der Waals surface area contributed by atoms with Gasteiger partial charge in [-0.3, -0.25) is 0 Å². The number of hydrogen-bond acceptors (Lipinski definition) is 6. The smallest absolute Gasteiger partial charge is 0.192 e. The van der Waals surface area contributed by atoms with E-state index in [0.717, 1.165) is 35.9 Å². The fraction of sp³-hybridized carbons (Fsp3) is 0.704. The number of rotatable bonds is 15. The second-order valence-corrected chi connectivity index (χ2v) is 14.6. The number of hydrogen-bond donors (Lipinski definition) is 1. The molecule has 1 aliphatic heterocycles. The van der Waals surface area contributed by atoms with Gasteiger partial charge < -0.3 is 28.5 Å². The molecule has 1 fully saturated rings. The molecule has 1 N–H and O–H groups in total. The Hall–Kier alpha value is -1.22. The maximum absolute atomic E-state index is 11.0. The number of aliphatic hydroxyl groups excluding tert-OH is 1. The molecular formula is C27H46O6Si. The van der Waals surface area contributed by atoms with Gasteiger partial charge in [-0.1, -0.05) is 45.9 Å². The molecule has 1 aromatic carbocycles. The lowest BCUT2D eigenvalue weighted by molar-refractivity contribution is -0.145. The van der Waals surface area contributed by atoms with Gasteiger partial charge >= 0.3 is 0 Å². The Morgan fingerprint density at radius 1 is 1.15 bits per heavy atom. The Morgan fingerprint density at radius 3 is 2.24 bits per heavy atom. The van der Waals surface area contributed by atoms with Gasteiger partial charge in [-0.25, -0.2) is 0 Å². The van der Waals surface area contributed by atoms with Crippen LogP contribution in [0.1, 0.15) is 53.5 Å². The van der Waals surface area contributed by atoms with Crippen molar-refractivity contribution >= 4 is 8.32 Å². The standard InChI is InChI=1S/C27H46O6Si/c1-9-24(28)26(33-34(10-2,11-3)12-4)25(20(5)17-23-19-31-27(6,7)32-23)30-18-21-13-15-22(29-8)16-14-21/h9,13-16,20,23-26,28H,1,10-12,17-19H2,2-8H3/t20-,23-,24-,25+,26-/m1/s1. The summed E-state index contributed by atoms with van der Waals surface area (Å²) in [4.78, 5) is 0. The maximum Gasteiger partial charge on any atom is 0.192 e. The van der Waals surface area contributed by atoms with Crippen LogP contribution in [0.2, 0.25) is 18.1 Å². The fourth-order valence-corrected chi connectivity index (χ4v) is 7.53. The Balaban J connectivity index is 2.28. The second-order valence-electron chi connectivity index (χ2n) is 9.84. The van der Waals surface area contributed by atoms with Crippen LogP contribution in [0, 0.1) is 5.92 Å². The summed E-state index contributed by atoms with van der Waals surface area (Å²) in [7, 11) is -0.360. The van der Waals surface area contributed by atoms with Gasteiger partial charge in [0.25, 0.3) is 0 Å². The van der Waals surface area contributed by atoms with Crippen molar-refractivity contribution in [2.24, 2.45) is 5.92 Å². The van der Waals surface area contributed by atoms with Crippen molar-refractivity contribution in [2.75, 3.05) is 13.7 Å². The van der Waals surface area contributed by atoms with Crippen molar-refractivity contribution in [2.45, 2.75) is 103 Å². The summed E-state index contributed by atoms with van der Waals surface area (Å²) in [5.41, 5.74) is 1.04. The summed E-state index contributed by atoms with van der Waals surface area (Å²) in [5.74, 6) is 0.301. The average molecular weight is 495 g/mol. The van der Waals surface area contributed by atoms with E-state index < -0.39 is 26.3 Å². The minimum Gasteiger partial charge on any atom is -0.497 e. The lowest BCUT2D eigenvalue weighted by atomic mass is 9.91. The zero-order chi connectivity index (χ0) is 25.4. The third kappa shape index (κ3) is 7.90. The summed E-state index contributed by atoms with van der Waals surface area (Å²) in [5, 5.41) is 11.0. The van der Waals surface area contributed by atoms with Crippen LogP contribution >= 0.6 is 0 Å². The maximum atomic E-state index is 11.0. The molecule has 1 aromatic rings. The van der Waals surface area contributed by atoms with E-state index in [2.05, 4.69) is 34.3 Å². The van der Waals surface area contributed by atoms with Crippen LogP contribution in [0.3, 0.4) is 0 Å². The molecule has 6 nitrogen and oxygen atoms in total. The van der Waals surface area contributed by atoms with Crippen molar-refractivity contribution in [3.05, 3.63) is 42.5 Å². The van der Waals surface area contributed by atoms with Crippen molar-refractivity contribution < 1.29 is 28.5 Å². The first-order valence-electron chi connectivity index (χ1n) is 12.7. The molecule has 5 atom stereocenters. The highest BCUT2D eigenvalue weighted by molar-refractivity contribution is 6.73. The topological polar surface area (TPSA) is 66.4 Å². The SMILES string of the molecule is C=C[C@@H](O)[C@@H](O[Si](CC)(CC)CC)[C@@H](OCc1ccc(OC)cc1)[C@H](C)C[C@@H]1COC(C)(C)O1. The van der Waals surface area contributed by atoms with E-state index in [1.165, 1.54) is 0 Å². The minimum atomic E-state index is -2.02. The largest absolute Gasteiger partial charge is 0.497 e. The molecule has 0 aliphatic carbocycles. The molecule has 7 heteroatoms. The van der Waals surface area contributed by atoms with Gasteiger partial charge in [0.05, 0.1) is 38.6 Å². The van der Waals surface area contributed by atoms with Crippen molar-refractivity contribution in [3.63, 3.8) is 0 Å². The molecule has 0 aromatic heterocycles. The summed E-state index contributed by atoms with van der Waals surface area (Å²) >= 11 is 0. The van der Waals surface area contributed by atoms with Crippen LogP contribution in [-0.4, -0.2) is 57.3 Å². The summed E-state index contributed by atoms with van der Waals surface area (Å²) in [6, 6.07) is 10.8. The Bertz CT molecular complexity index is 725. The molecule has 1 aliphatic rings. The van der Waals surface area contributed by atoms with Crippen molar-refractivity contribution in [3.8, 4) is 5.75 Å². The van der Waals surface area contributed by atoms with Crippen molar-refractivity contribution in [1.29, 1.82) is 0 Å². The highest BCUT2D eigenvalue weighted by atomic mass is 28.4. The van der Waals surface area contributed by atoms with Crippen LogP contribution in [0.4, 0.5) is 0 Å². The van der Waals surface area contributed by atoms with Gasteiger partial charge in [-0.2, -0.15) is 0 Å².